The molecule has 0 atom stereocenters. The zero-order chi connectivity index (χ0) is 16.9. The van der Waals surface area contributed by atoms with Gasteiger partial charge in [0.05, 0.1) is 12.3 Å². The molecule has 6 heteroatoms. The second kappa shape index (κ2) is 7.19. The lowest BCUT2D eigenvalue weighted by atomic mass is 10.1. The van der Waals surface area contributed by atoms with Gasteiger partial charge in [-0.2, -0.15) is 0 Å². The summed E-state index contributed by atoms with van der Waals surface area (Å²) >= 11 is 6.00. The summed E-state index contributed by atoms with van der Waals surface area (Å²) in [5.41, 5.74) is 1.44. The van der Waals surface area contributed by atoms with Gasteiger partial charge in [0.1, 0.15) is 5.75 Å². The number of nitrogens with one attached hydrogen (secondary N) is 1. The molecule has 0 radical (unpaired) electrons. The Labute approximate surface area is 144 Å². The Balaban J connectivity index is 1.89. The first-order valence-electron chi connectivity index (χ1n) is 7.41. The Kier molecular flexibility index (Phi) is 4.82. The summed E-state index contributed by atoms with van der Waals surface area (Å²) in [5.74, 6) is 0.580. The molecule has 0 fully saturated rings. The van der Waals surface area contributed by atoms with E-state index >= 15 is 0 Å². The van der Waals surface area contributed by atoms with Gasteiger partial charge in [0.25, 0.3) is 5.91 Å². The maximum absolute atomic E-state index is 12.6. The van der Waals surface area contributed by atoms with Crippen LogP contribution in [0.3, 0.4) is 0 Å². The van der Waals surface area contributed by atoms with Crippen LogP contribution in [0.4, 0.5) is 5.69 Å². The summed E-state index contributed by atoms with van der Waals surface area (Å²) in [4.78, 5) is 16.6. The number of aromatic nitrogens is 1. The Morgan fingerprint density at radius 1 is 1.25 bits per heavy atom. The molecule has 0 aliphatic rings. The van der Waals surface area contributed by atoms with Crippen LogP contribution in [-0.2, 0) is 0 Å². The van der Waals surface area contributed by atoms with Crippen LogP contribution in [0.15, 0.2) is 59.3 Å². The average Bonchev–Trinajstić information content (AvgIpc) is 3.07. The molecule has 0 saturated carbocycles. The maximum atomic E-state index is 12.6. The number of ether oxygens (including phenoxy) is 1. The maximum Gasteiger partial charge on any atom is 0.278 e. The van der Waals surface area contributed by atoms with Crippen LogP contribution in [0.5, 0.6) is 5.75 Å². The van der Waals surface area contributed by atoms with Crippen LogP contribution >= 0.6 is 11.6 Å². The Bertz CT molecular complexity index is 861. The number of para-hydroxylation sites is 2. The van der Waals surface area contributed by atoms with Gasteiger partial charge in [0.2, 0.25) is 0 Å². The van der Waals surface area contributed by atoms with Gasteiger partial charge in [-0.15, -0.1) is 0 Å². The highest BCUT2D eigenvalue weighted by Crippen LogP contribution is 2.28. The minimum Gasteiger partial charge on any atom is -0.492 e. The Morgan fingerprint density at radius 2 is 2.08 bits per heavy atom. The lowest BCUT2D eigenvalue weighted by Gasteiger charge is -2.10. The van der Waals surface area contributed by atoms with E-state index in [1.807, 2.05) is 19.1 Å². The van der Waals surface area contributed by atoms with Crippen LogP contribution in [0.2, 0.25) is 5.02 Å². The Morgan fingerprint density at radius 3 is 2.88 bits per heavy atom. The second-order valence-electron chi connectivity index (χ2n) is 4.92. The van der Waals surface area contributed by atoms with Gasteiger partial charge >= 0.3 is 0 Å². The molecule has 3 rings (SSSR count). The number of carbonyl (C=O) groups excluding carboxylic acids is 1. The highest BCUT2D eigenvalue weighted by Gasteiger charge is 2.19. The van der Waals surface area contributed by atoms with E-state index in [-0.39, 0.29) is 11.6 Å². The fourth-order valence-electron chi connectivity index (χ4n) is 2.28. The van der Waals surface area contributed by atoms with Gasteiger partial charge < -0.3 is 14.5 Å². The topological polar surface area (TPSA) is 64.4 Å². The number of oxazole rings is 1. The molecule has 0 saturated heterocycles. The van der Waals surface area contributed by atoms with Crippen LogP contribution in [0.1, 0.15) is 17.4 Å². The molecule has 1 heterocycles. The van der Waals surface area contributed by atoms with E-state index in [4.69, 9.17) is 20.8 Å². The van der Waals surface area contributed by atoms with Crippen molar-refractivity contribution in [2.75, 3.05) is 11.9 Å². The smallest absolute Gasteiger partial charge is 0.278 e. The highest BCUT2D eigenvalue weighted by molar-refractivity contribution is 6.30. The van der Waals surface area contributed by atoms with E-state index in [9.17, 15) is 4.79 Å². The quantitative estimate of drug-likeness (QED) is 0.733. The molecule has 122 valence electrons. The number of benzene rings is 2. The molecule has 2 aromatic carbocycles. The first-order chi connectivity index (χ1) is 11.7. The van der Waals surface area contributed by atoms with Gasteiger partial charge in [-0.1, -0.05) is 35.9 Å². The van der Waals surface area contributed by atoms with Crippen molar-refractivity contribution in [2.24, 2.45) is 0 Å². The first kappa shape index (κ1) is 16.1. The average molecular weight is 343 g/mol. The molecule has 5 nitrogen and oxygen atoms in total. The van der Waals surface area contributed by atoms with Crippen molar-refractivity contribution in [3.8, 4) is 17.1 Å². The van der Waals surface area contributed by atoms with Crippen LogP contribution < -0.4 is 10.1 Å². The molecule has 1 amide bonds. The van der Waals surface area contributed by atoms with Crippen LogP contribution in [-0.4, -0.2) is 17.5 Å². The fraction of sp³-hybridized carbons (Fsp3) is 0.111. The molecule has 0 spiro atoms. The third kappa shape index (κ3) is 3.41. The van der Waals surface area contributed by atoms with Crippen molar-refractivity contribution in [3.63, 3.8) is 0 Å². The first-order valence-corrected chi connectivity index (χ1v) is 7.79. The number of hydrogen-bond acceptors (Lipinski definition) is 4. The van der Waals surface area contributed by atoms with Crippen molar-refractivity contribution >= 4 is 23.2 Å². The Hall–Kier alpha value is -2.79. The van der Waals surface area contributed by atoms with Gasteiger partial charge in [-0.25, -0.2) is 4.98 Å². The number of amides is 1. The third-order valence-electron chi connectivity index (χ3n) is 3.30. The van der Waals surface area contributed by atoms with Crippen LogP contribution in [0.25, 0.3) is 11.3 Å². The molecule has 0 aliphatic carbocycles. The number of nitrogens with zero attached hydrogens (tertiary/aromatic N) is 1. The standard InChI is InChI=1S/C18H15ClN2O3/c1-2-23-15-9-4-3-8-14(15)21-18(22)16-17(24-11-20-16)12-6-5-7-13(19)10-12/h3-11H,2H2,1H3,(H,21,22). The second-order valence-corrected chi connectivity index (χ2v) is 5.36. The van der Waals surface area contributed by atoms with Crippen molar-refractivity contribution in [2.45, 2.75) is 6.92 Å². The third-order valence-corrected chi connectivity index (χ3v) is 3.54. The molecular formula is C18H15ClN2O3. The van der Waals surface area contributed by atoms with Crippen molar-refractivity contribution in [1.82, 2.24) is 4.98 Å². The monoisotopic (exact) mass is 342 g/mol. The summed E-state index contributed by atoms with van der Waals surface area (Å²) in [6.07, 6.45) is 1.24. The molecule has 1 N–H and O–H groups in total. The lowest BCUT2D eigenvalue weighted by Crippen LogP contribution is -2.14. The van der Waals surface area contributed by atoms with Crippen molar-refractivity contribution in [3.05, 3.63) is 65.6 Å². The summed E-state index contributed by atoms with van der Waals surface area (Å²) in [6, 6.07) is 14.3. The van der Waals surface area contributed by atoms with E-state index in [1.165, 1.54) is 6.39 Å². The van der Waals surface area contributed by atoms with Gasteiger partial charge in [-0.05, 0) is 31.2 Å². The normalized spacial score (nSPS) is 10.4. The molecule has 0 bridgehead atoms. The number of anilines is 1. The zero-order valence-electron chi connectivity index (χ0n) is 13.0. The number of halogens is 1. The molecule has 0 unspecified atom stereocenters. The molecule has 24 heavy (non-hydrogen) atoms. The summed E-state index contributed by atoms with van der Waals surface area (Å²) in [5, 5.41) is 3.36. The van der Waals surface area contributed by atoms with Crippen molar-refractivity contribution < 1.29 is 13.9 Å². The summed E-state index contributed by atoms with van der Waals surface area (Å²) in [6.45, 7) is 2.39. The number of hydrogen-bond donors (Lipinski definition) is 1. The minimum absolute atomic E-state index is 0.184. The molecule has 3 aromatic rings. The van der Waals surface area contributed by atoms with E-state index in [1.54, 1.807) is 36.4 Å². The van der Waals surface area contributed by atoms with Crippen LogP contribution in [0, 0.1) is 0 Å². The van der Waals surface area contributed by atoms with Gasteiger partial charge in [0, 0.05) is 10.6 Å². The highest BCUT2D eigenvalue weighted by atomic mass is 35.5. The predicted octanol–water partition coefficient (Wildman–Crippen LogP) is 4.65. The van der Waals surface area contributed by atoms with E-state index in [2.05, 4.69) is 10.3 Å². The van der Waals surface area contributed by atoms with Gasteiger partial charge in [0.15, 0.2) is 17.8 Å². The lowest BCUT2D eigenvalue weighted by molar-refractivity contribution is 0.102. The zero-order valence-corrected chi connectivity index (χ0v) is 13.7. The van der Waals surface area contributed by atoms with Crippen molar-refractivity contribution in [1.29, 1.82) is 0 Å². The SMILES string of the molecule is CCOc1ccccc1NC(=O)c1ncoc1-c1cccc(Cl)c1. The summed E-state index contributed by atoms with van der Waals surface area (Å²) in [7, 11) is 0. The largest absolute Gasteiger partial charge is 0.492 e. The number of carbonyl (C=O) groups is 1. The fourth-order valence-corrected chi connectivity index (χ4v) is 2.47. The predicted molar refractivity (Wildman–Crippen MR) is 92.5 cm³/mol. The van der Waals surface area contributed by atoms with Gasteiger partial charge in [-0.3, -0.25) is 4.79 Å². The van der Waals surface area contributed by atoms with E-state index < -0.39 is 0 Å². The summed E-state index contributed by atoms with van der Waals surface area (Å²) < 4.78 is 10.9. The molecule has 0 aliphatic heterocycles. The number of rotatable bonds is 5. The molecular weight excluding hydrogens is 328 g/mol. The minimum atomic E-state index is -0.383. The molecule has 1 aromatic heterocycles. The van der Waals surface area contributed by atoms with E-state index in [0.29, 0.717) is 34.4 Å². The van der Waals surface area contributed by atoms with E-state index in [0.717, 1.165) is 0 Å².